The number of rotatable bonds is 11. The third-order valence-corrected chi connectivity index (χ3v) is 30.6. The maximum atomic E-state index is 2.66. The SMILES string of the molecule is CC1(C)c2ccccc2N(c2cc3c4c(c2)N(c2ccc5ccccc5c2)c2cc([Si](c5ccccc5)(c5ccccc5)c5ccccc5)ccc2B4c2ccc([Si](c4ccccc4)(c4ccccc4)c4ccccc4)cc2N3c2ccc3ccccc3c2)c2ccccc21. The summed E-state index contributed by atoms with van der Waals surface area (Å²) in [5.41, 5.74) is 16.4. The molecule has 448 valence electrons. The van der Waals surface area contributed by atoms with Gasteiger partial charge in [0, 0.05) is 39.5 Å². The van der Waals surface area contributed by atoms with E-state index in [0.29, 0.717) is 0 Å². The smallest absolute Gasteiger partial charge is 0.252 e. The molecule has 3 aliphatic heterocycles. The number of para-hydroxylation sites is 2. The van der Waals surface area contributed by atoms with Gasteiger partial charge < -0.3 is 14.7 Å². The zero-order valence-corrected chi connectivity index (χ0v) is 55.1. The molecule has 0 aromatic heterocycles. The van der Waals surface area contributed by atoms with Gasteiger partial charge in [0.25, 0.3) is 6.71 Å². The standard InChI is InChI=1S/C89H66BN3Si2/c1-89(2)78-45-25-27-47-82(78)93(83-48-28-26-46-79(83)89)69-59-86-88-87(60-69)92(68-52-50-64-30-22-24-32-66(64)58-68)85-62-77(95(73-39-15-6-16-40-73,74-41-17-7-18-42-74)75-43-19-8-20-44-75)54-56-81(85)90(88)80-55-53-76(61-84(80)91(86)67-51-49-63-29-21-23-31-65(63)57-67)94(70-33-9-3-10-34-70,71-35-11-4-12-36-71)72-37-13-5-14-38-72/h3-62H,1-2H3. The van der Waals surface area contributed by atoms with E-state index < -0.39 is 16.1 Å². The van der Waals surface area contributed by atoms with Crippen LogP contribution in [0.1, 0.15) is 25.0 Å². The maximum absolute atomic E-state index is 3.10. The van der Waals surface area contributed by atoms with Crippen LogP contribution in [0.5, 0.6) is 0 Å². The fraction of sp³-hybridized carbons (Fsp3) is 0.0337. The van der Waals surface area contributed by atoms with Crippen LogP contribution in [0.2, 0.25) is 0 Å². The molecule has 0 N–H and O–H groups in total. The fourth-order valence-electron chi connectivity index (χ4n) is 16.8. The molecule has 0 spiro atoms. The third-order valence-electron chi connectivity index (χ3n) is 21.0. The van der Waals surface area contributed by atoms with E-state index in [9.17, 15) is 0 Å². The van der Waals surface area contributed by atoms with Gasteiger partial charge in [0.15, 0.2) is 16.1 Å². The van der Waals surface area contributed by atoms with E-state index in [1.165, 1.54) is 113 Å². The Morgan fingerprint density at radius 2 is 0.537 bits per heavy atom. The van der Waals surface area contributed by atoms with Gasteiger partial charge >= 0.3 is 0 Å². The van der Waals surface area contributed by atoms with Crippen molar-refractivity contribution in [2.75, 3.05) is 14.7 Å². The Kier molecular flexibility index (Phi) is 13.4. The van der Waals surface area contributed by atoms with E-state index in [1.54, 1.807) is 0 Å². The van der Waals surface area contributed by atoms with E-state index in [-0.39, 0.29) is 12.1 Å². The van der Waals surface area contributed by atoms with Gasteiger partial charge in [0.2, 0.25) is 0 Å². The molecule has 0 saturated carbocycles. The number of nitrogens with zero attached hydrogens (tertiary/aromatic N) is 3. The summed E-state index contributed by atoms with van der Waals surface area (Å²) in [5, 5.41) is 15.5. The van der Waals surface area contributed by atoms with E-state index >= 15 is 0 Å². The topological polar surface area (TPSA) is 9.72 Å². The van der Waals surface area contributed by atoms with Crippen molar-refractivity contribution in [3.63, 3.8) is 0 Å². The van der Waals surface area contributed by atoms with Gasteiger partial charge in [0.1, 0.15) is 0 Å². The predicted octanol–water partition coefficient (Wildman–Crippen LogP) is 14.9. The van der Waals surface area contributed by atoms with Crippen molar-refractivity contribution in [3.8, 4) is 0 Å². The van der Waals surface area contributed by atoms with E-state index in [1.807, 2.05) is 0 Å². The molecule has 3 aliphatic rings. The summed E-state index contributed by atoms with van der Waals surface area (Å²) in [6.07, 6.45) is 0. The van der Waals surface area contributed by atoms with Crippen molar-refractivity contribution in [3.05, 3.63) is 375 Å². The maximum Gasteiger partial charge on any atom is 0.252 e. The number of hydrogen-bond donors (Lipinski definition) is 0. The first kappa shape index (κ1) is 56.5. The van der Waals surface area contributed by atoms with Crippen LogP contribution in [0, 0.1) is 0 Å². The Bertz CT molecular complexity index is 4910. The Morgan fingerprint density at radius 1 is 0.232 bits per heavy atom. The highest BCUT2D eigenvalue weighted by Crippen LogP contribution is 2.54. The minimum atomic E-state index is -3.10. The zero-order chi connectivity index (χ0) is 63.2. The summed E-state index contributed by atoms with van der Waals surface area (Å²) in [5.74, 6) is 0. The fourth-order valence-corrected chi connectivity index (χ4v) is 26.4. The number of hydrogen-bond acceptors (Lipinski definition) is 3. The second kappa shape index (κ2) is 22.5. The summed E-state index contributed by atoms with van der Waals surface area (Å²) >= 11 is 0. The van der Waals surface area contributed by atoms with E-state index in [2.05, 4.69) is 393 Å². The molecule has 0 unspecified atom stereocenters. The van der Waals surface area contributed by atoms with Gasteiger partial charge in [-0.2, -0.15) is 0 Å². The molecule has 0 radical (unpaired) electrons. The summed E-state index contributed by atoms with van der Waals surface area (Å²) in [6.45, 7) is 4.59. The molecule has 6 heteroatoms. The molecular weight excluding hydrogens is 1180 g/mol. The summed E-state index contributed by atoms with van der Waals surface area (Å²) in [6, 6.07) is 139. The van der Waals surface area contributed by atoms with Gasteiger partial charge in [-0.1, -0.05) is 317 Å². The number of fused-ring (bicyclic) bond motifs is 8. The Hall–Kier alpha value is -11.3. The molecule has 0 aliphatic carbocycles. The average molecular weight is 1240 g/mol. The zero-order valence-electron chi connectivity index (χ0n) is 53.1. The summed E-state index contributed by atoms with van der Waals surface area (Å²) in [4.78, 5) is 7.89. The molecule has 0 fully saturated rings. The normalized spacial score (nSPS) is 13.6. The van der Waals surface area contributed by atoms with Crippen LogP contribution in [0.15, 0.2) is 364 Å². The molecule has 3 nitrogen and oxygen atoms in total. The monoisotopic (exact) mass is 1240 g/mol. The minimum Gasteiger partial charge on any atom is -0.311 e. The van der Waals surface area contributed by atoms with E-state index in [0.717, 1.165) is 28.4 Å². The molecule has 3 heterocycles. The van der Waals surface area contributed by atoms with Gasteiger partial charge in [-0.05, 0) is 151 Å². The van der Waals surface area contributed by atoms with Crippen molar-refractivity contribution >= 4 is 153 Å². The lowest BCUT2D eigenvalue weighted by Gasteiger charge is -2.47. The molecule has 0 atom stereocenters. The largest absolute Gasteiger partial charge is 0.311 e. The van der Waals surface area contributed by atoms with Crippen LogP contribution < -0.4 is 72.6 Å². The van der Waals surface area contributed by atoms with Gasteiger partial charge in [-0.3, -0.25) is 0 Å². The highest BCUT2D eigenvalue weighted by Gasteiger charge is 2.49. The molecule has 0 saturated heterocycles. The Balaban J connectivity index is 1.01. The Labute approximate surface area is 558 Å². The van der Waals surface area contributed by atoms with Crippen LogP contribution in [0.25, 0.3) is 21.5 Å². The van der Waals surface area contributed by atoms with Crippen LogP contribution >= 0.6 is 0 Å². The molecule has 15 aromatic carbocycles. The lowest BCUT2D eigenvalue weighted by molar-refractivity contribution is 0.632. The molecular formula is C89H66BN3Si2. The van der Waals surface area contributed by atoms with Crippen molar-refractivity contribution in [1.29, 1.82) is 0 Å². The van der Waals surface area contributed by atoms with Crippen LogP contribution in [-0.2, 0) is 5.41 Å². The molecule has 95 heavy (non-hydrogen) atoms. The van der Waals surface area contributed by atoms with Gasteiger partial charge in [-0.25, -0.2) is 0 Å². The van der Waals surface area contributed by atoms with Crippen molar-refractivity contribution in [2.45, 2.75) is 19.3 Å². The molecule has 0 bridgehead atoms. The second-order valence-electron chi connectivity index (χ2n) is 26.3. The average Bonchev–Trinajstić information content (AvgIpc) is 0.686. The number of benzene rings is 15. The van der Waals surface area contributed by atoms with Crippen LogP contribution in [-0.4, -0.2) is 22.9 Å². The first-order valence-corrected chi connectivity index (χ1v) is 37.3. The first-order valence-electron chi connectivity index (χ1n) is 33.3. The highest BCUT2D eigenvalue weighted by molar-refractivity contribution is 7.20. The van der Waals surface area contributed by atoms with Crippen molar-refractivity contribution in [2.24, 2.45) is 0 Å². The van der Waals surface area contributed by atoms with Crippen molar-refractivity contribution < 1.29 is 0 Å². The highest BCUT2D eigenvalue weighted by atomic mass is 28.3. The minimum absolute atomic E-state index is 0.196. The predicted molar refractivity (Wildman–Crippen MR) is 410 cm³/mol. The van der Waals surface area contributed by atoms with Crippen molar-refractivity contribution in [1.82, 2.24) is 0 Å². The third kappa shape index (κ3) is 8.71. The molecule has 18 rings (SSSR count). The lowest BCUT2D eigenvalue weighted by Crippen LogP contribution is -2.75. The van der Waals surface area contributed by atoms with Crippen LogP contribution in [0.3, 0.4) is 0 Å². The quantitative estimate of drug-likeness (QED) is 0.0944. The summed E-state index contributed by atoms with van der Waals surface area (Å²) in [7, 11) is -6.20. The second-order valence-corrected chi connectivity index (χ2v) is 33.9. The van der Waals surface area contributed by atoms with E-state index in [4.69, 9.17) is 0 Å². The number of anilines is 9. The van der Waals surface area contributed by atoms with Crippen LogP contribution in [0.4, 0.5) is 51.2 Å². The Morgan fingerprint density at radius 3 is 0.895 bits per heavy atom. The molecule has 0 amide bonds. The van der Waals surface area contributed by atoms with Gasteiger partial charge in [-0.15, -0.1) is 0 Å². The van der Waals surface area contributed by atoms with Gasteiger partial charge in [0.05, 0.1) is 17.1 Å². The first-order chi connectivity index (χ1) is 46.9. The summed E-state index contributed by atoms with van der Waals surface area (Å²) < 4.78 is 0. The lowest BCUT2D eigenvalue weighted by atomic mass is 9.33. The molecule has 15 aromatic rings.